The van der Waals surface area contributed by atoms with Crippen LogP contribution in [0.5, 0.6) is 5.75 Å². The molecule has 1 N–H and O–H groups in total. The van der Waals surface area contributed by atoms with Crippen molar-refractivity contribution < 1.29 is 22.3 Å². The Morgan fingerprint density at radius 3 is 2.68 bits per heavy atom. The van der Waals surface area contributed by atoms with Gasteiger partial charge in [-0.05, 0) is 18.2 Å². The number of nitrogens with zero attached hydrogens (tertiary/aromatic N) is 1. The van der Waals surface area contributed by atoms with Crippen LogP contribution in [0.15, 0.2) is 23.6 Å². The monoisotopic (exact) mass is 334 g/mol. The van der Waals surface area contributed by atoms with Crippen molar-refractivity contribution in [1.82, 2.24) is 4.98 Å². The van der Waals surface area contributed by atoms with Gasteiger partial charge in [-0.25, -0.2) is 4.98 Å². The summed E-state index contributed by atoms with van der Waals surface area (Å²) in [6.07, 6.45) is -4.50. The molecule has 0 atom stereocenters. The molecule has 1 aromatic carbocycles. The van der Waals surface area contributed by atoms with Crippen LogP contribution in [0.25, 0.3) is 11.3 Å². The number of rotatable bonds is 6. The van der Waals surface area contributed by atoms with E-state index in [2.05, 4.69) is 10.3 Å². The molecule has 0 radical (unpaired) electrons. The van der Waals surface area contributed by atoms with E-state index in [1.807, 2.05) is 0 Å². The van der Waals surface area contributed by atoms with Crippen molar-refractivity contribution in [3.8, 4) is 17.0 Å². The molecular weight excluding hydrogens is 320 g/mol. The van der Waals surface area contributed by atoms with Crippen molar-refractivity contribution in [3.05, 3.63) is 29.1 Å². The van der Waals surface area contributed by atoms with Gasteiger partial charge < -0.3 is 10.1 Å². The van der Waals surface area contributed by atoms with E-state index in [-0.39, 0.29) is 18.8 Å². The minimum absolute atomic E-state index is 0.0522. The van der Waals surface area contributed by atoms with Crippen molar-refractivity contribution in [2.75, 3.05) is 25.6 Å². The van der Waals surface area contributed by atoms with E-state index >= 15 is 0 Å². The van der Waals surface area contributed by atoms with Crippen molar-refractivity contribution in [2.24, 2.45) is 0 Å². The number of alkyl halides is 4. The van der Waals surface area contributed by atoms with Gasteiger partial charge in [0.25, 0.3) is 0 Å². The van der Waals surface area contributed by atoms with Gasteiger partial charge in [0.15, 0.2) is 5.13 Å². The summed E-state index contributed by atoms with van der Waals surface area (Å²) in [7, 11) is 1.69. The second-order valence-electron chi connectivity index (χ2n) is 4.39. The van der Waals surface area contributed by atoms with Gasteiger partial charge in [-0.2, -0.15) is 13.2 Å². The number of anilines is 1. The number of halogens is 4. The Morgan fingerprint density at radius 1 is 1.32 bits per heavy atom. The second-order valence-corrected chi connectivity index (χ2v) is 5.25. The molecule has 0 saturated heterocycles. The summed E-state index contributed by atoms with van der Waals surface area (Å²) in [5.74, 6) is -0.297. The van der Waals surface area contributed by atoms with Crippen LogP contribution in [0.1, 0.15) is 12.0 Å². The van der Waals surface area contributed by atoms with E-state index in [0.29, 0.717) is 16.4 Å². The molecule has 0 fully saturated rings. The lowest BCUT2D eigenvalue weighted by Crippen LogP contribution is -2.10. The third-order valence-electron chi connectivity index (χ3n) is 2.83. The molecule has 0 aliphatic rings. The first-order chi connectivity index (χ1) is 10.5. The fraction of sp³-hybridized carbons (Fsp3) is 0.357. The number of hydrogen-bond donors (Lipinski definition) is 1. The Hall–Kier alpha value is -1.83. The van der Waals surface area contributed by atoms with Crippen LogP contribution in [-0.2, 0) is 6.18 Å². The molecule has 0 aliphatic heterocycles. The Bertz CT molecular complexity index is 628. The molecule has 1 aromatic heterocycles. The standard InChI is InChI=1S/C14H14F4N2OS/c1-19-13-20-11(8-22-13)9-3-4-12(21-6-2-5-15)10(7-9)14(16,17)18/h3-4,7-8H,2,5-6H2,1H3,(H,19,20). The molecule has 2 rings (SSSR count). The average Bonchev–Trinajstić information content (AvgIpc) is 2.95. The molecule has 0 aliphatic carbocycles. The SMILES string of the molecule is CNc1nc(-c2ccc(OCCCF)c(C(F)(F)F)c2)cs1. The molecule has 22 heavy (non-hydrogen) atoms. The first kappa shape index (κ1) is 16.5. The van der Waals surface area contributed by atoms with Gasteiger partial charge in [0.1, 0.15) is 5.75 Å². The van der Waals surface area contributed by atoms with Gasteiger partial charge >= 0.3 is 6.18 Å². The highest BCUT2D eigenvalue weighted by Crippen LogP contribution is 2.39. The van der Waals surface area contributed by atoms with Crippen LogP contribution in [0.2, 0.25) is 0 Å². The zero-order valence-electron chi connectivity index (χ0n) is 11.7. The maximum absolute atomic E-state index is 13.1. The van der Waals surface area contributed by atoms with E-state index in [0.717, 1.165) is 6.07 Å². The van der Waals surface area contributed by atoms with Gasteiger partial charge in [0, 0.05) is 24.4 Å². The van der Waals surface area contributed by atoms with Crippen molar-refractivity contribution in [2.45, 2.75) is 12.6 Å². The largest absolute Gasteiger partial charge is 0.493 e. The van der Waals surface area contributed by atoms with Crippen molar-refractivity contribution >= 4 is 16.5 Å². The predicted molar refractivity (Wildman–Crippen MR) is 78.2 cm³/mol. The summed E-state index contributed by atoms with van der Waals surface area (Å²) < 4.78 is 56.5. The number of nitrogens with one attached hydrogen (secondary N) is 1. The Morgan fingerprint density at radius 2 is 2.09 bits per heavy atom. The van der Waals surface area contributed by atoms with Crippen LogP contribution < -0.4 is 10.1 Å². The highest BCUT2D eigenvalue weighted by atomic mass is 32.1. The molecule has 2 aromatic rings. The first-order valence-electron chi connectivity index (χ1n) is 6.49. The van der Waals surface area contributed by atoms with Gasteiger partial charge in [0.05, 0.1) is 24.5 Å². The van der Waals surface area contributed by atoms with Gasteiger partial charge in [-0.15, -0.1) is 11.3 Å². The summed E-state index contributed by atoms with van der Waals surface area (Å²) >= 11 is 1.30. The van der Waals surface area contributed by atoms with Gasteiger partial charge in [0.2, 0.25) is 0 Å². The minimum Gasteiger partial charge on any atom is -0.493 e. The van der Waals surface area contributed by atoms with Crippen LogP contribution >= 0.6 is 11.3 Å². The summed E-state index contributed by atoms with van der Waals surface area (Å²) in [6.45, 7) is -0.732. The van der Waals surface area contributed by atoms with Crippen LogP contribution in [0.4, 0.5) is 22.7 Å². The molecule has 0 bridgehead atoms. The fourth-order valence-corrected chi connectivity index (χ4v) is 2.48. The van der Waals surface area contributed by atoms with Gasteiger partial charge in [-0.3, -0.25) is 4.39 Å². The second kappa shape index (κ2) is 6.95. The summed E-state index contributed by atoms with van der Waals surface area (Å²) in [5.41, 5.74) is -0.0825. The lowest BCUT2D eigenvalue weighted by atomic mass is 10.1. The Labute approximate surface area is 128 Å². The third-order valence-corrected chi connectivity index (χ3v) is 3.69. The summed E-state index contributed by atoms with van der Waals surface area (Å²) in [4.78, 5) is 4.18. The first-order valence-corrected chi connectivity index (χ1v) is 7.37. The number of ether oxygens (including phenoxy) is 1. The van der Waals surface area contributed by atoms with Crippen LogP contribution in [0, 0.1) is 0 Å². The highest BCUT2D eigenvalue weighted by Gasteiger charge is 2.35. The number of hydrogen-bond acceptors (Lipinski definition) is 4. The minimum atomic E-state index is -4.55. The van der Waals surface area contributed by atoms with Crippen LogP contribution in [-0.4, -0.2) is 25.3 Å². The van der Waals surface area contributed by atoms with Crippen molar-refractivity contribution in [3.63, 3.8) is 0 Å². The van der Waals surface area contributed by atoms with Gasteiger partial charge in [-0.1, -0.05) is 0 Å². The molecule has 1 heterocycles. The van der Waals surface area contributed by atoms with E-state index in [1.54, 1.807) is 12.4 Å². The predicted octanol–water partition coefficient (Wildman–Crippen LogP) is 4.61. The zero-order valence-corrected chi connectivity index (χ0v) is 12.5. The molecule has 8 heteroatoms. The van der Waals surface area contributed by atoms with E-state index in [1.165, 1.54) is 23.5 Å². The molecule has 3 nitrogen and oxygen atoms in total. The summed E-state index contributed by atoms with van der Waals surface area (Å²) in [6, 6.07) is 3.75. The smallest absolute Gasteiger partial charge is 0.419 e. The van der Waals surface area contributed by atoms with Crippen LogP contribution in [0.3, 0.4) is 0 Å². The maximum atomic E-state index is 13.1. The topological polar surface area (TPSA) is 34.2 Å². The highest BCUT2D eigenvalue weighted by molar-refractivity contribution is 7.14. The van der Waals surface area contributed by atoms with E-state index in [4.69, 9.17) is 4.74 Å². The fourth-order valence-electron chi connectivity index (χ4n) is 1.79. The molecule has 0 saturated carbocycles. The number of thiazole rings is 1. The normalized spacial score (nSPS) is 11.5. The lowest BCUT2D eigenvalue weighted by Gasteiger charge is -2.14. The van der Waals surface area contributed by atoms with E-state index < -0.39 is 18.4 Å². The number of aromatic nitrogens is 1. The summed E-state index contributed by atoms with van der Waals surface area (Å²) in [5, 5.41) is 5.12. The molecule has 0 unspecified atom stereocenters. The number of benzene rings is 1. The lowest BCUT2D eigenvalue weighted by molar-refractivity contribution is -0.138. The molecule has 120 valence electrons. The molecule has 0 spiro atoms. The Balaban J connectivity index is 2.34. The maximum Gasteiger partial charge on any atom is 0.419 e. The quantitative estimate of drug-likeness (QED) is 0.619. The third kappa shape index (κ3) is 3.88. The van der Waals surface area contributed by atoms with Crippen molar-refractivity contribution in [1.29, 1.82) is 0 Å². The average molecular weight is 334 g/mol. The van der Waals surface area contributed by atoms with E-state index in [9.17, 15) is 17.6 Å². The molecule has 0 amide bonds. The zero-order chi connectivity index (χ0) is 16.2. The molecular formula is C14H14F4N2OS. The Kier molecular flexibility index (Phi) is 5.23.